The number of carbonyl (C=O) groups is 3. The van der Waals surface area contributed by atoms with Gasteiger partial charge < -0.3 is 21.5 Å². The van der Waals surface area contributed by atoms with Crippen molar-refractivity contribution in [2.24, 2.45) is 5.73 Å². The number of nitrogens with two attached hydrogens (primary N) is 1. The second kappa shape index (κ2) is 11.1. The molecular formula is C14H27N3O4. The summed E-state index contributed by atoms with van der Waals surface area (Å²) in [6, 6.07) is -1.71. The summed E-state index contributed by atoms with van der Waals surface area (Å²) in [5.74, 6) is -1.81. The molecule has 0 aliphatic carbocycles. The van der Waals surface area contributed by atoms with E-state index in [1.165, 1.54) is 13.8 Å². The molecule has 0 fully saturated rings. The summed E-state index contributed by atoms with van der Waals surface area (Å²) in [5.41, 5.74) is 5.39. The Kier molecular flexibility index (Phi) is 10.2. The standard InChI is InChI=1S/C14H27N3O4/c1-10(13(19)17-11(2)14(20)21)16-12(18)8-6-4-3-5-7-9-15/h10-11H,3-9,15H2,1-2H3,(H,16,18)(H,17,19)(H,20,21)/t10-,11-/m1/s1. The molecule has 0 unspecified atom stereocenters. The smallest absolute Gasteiger partial charge is 0.325 e. The van der Waals surface area contributed by atoms with Crippen LogP contribution in [-0.4, -0.2) is 41.5 Å². The number of carbonyl (C=O) groups excluding carboxylic acids is 2. The number of aliphatic carboxylic acids is 1. The van der Waals surface area contributed by atoms with Crippen molar-refractivity contribution in [3.8, 4) is 0 Å². The maximum absolute atomic E-state index is 11.6. The minimum absolute atomic E-state index is 0.195. The van der Waals surface area contributed by atoms with E-state index in [1.54, 1.807) is 0 Å². The van der Waals surface area contributed by atoms with Gasteiger partial charge in [0.1, 0.15) is 12.1 Å². The molecule has 2 atom stereocenters. The molecule has 7 nitrogen and oxygen atoms in total. The zero-order valence-corrected chi connectivity index (χ0v) is 12.9. The average Bonchev–Trinajstić information content (AvgIpc) is 2.42. The molecular weight excluding hydrogens is 274 g/mol. The first kappa shape index (κ1) is 19.4. The second-order valence-corrected chi connectivity index (χ2v) is 5.16. The van der Waals surface area contributed by atoms with Crippen LogP contribution in [0, 0.1) is 0 Å². The summed E-state index contributed by atoms with van der Waals surface area (Å²) in [4.78, 5) is 33.9. The molecule has 0 aromatic carbocycles. The SMILES string of the molecule is C[C@@H](NC(=O)[C@@H](C)NC(=O)CCCCCCCN)C(=O)O. The van der Waals surface area contributed by atoms with Gasteiger partial charge in [0, 0.05) is 6.42 Å². The van der Waals surface area contributed by atoms with Gasteiger partial charge in [-0.1, -0.05) is 19.3 Å². The van der Waals surface area contributed by atoms with Gasteiger partial charge in [-0.25, -0.2) is 0 Å². The molecule has 0 aromatic heterocycles. The average molecular weight is 301 g/mol. The third kappa shape index (κ3) is 9.84. The molecule has 0 bridgehead atoms. The van der Waals surface area contributed by atoms with Gasteiger partial charge in [-0.05, 0) is 33.2 Å². The van der Waals surface area contributed by atoms with Crippen molar-refractivity contribution in [2.45, 2.75) is 64.5 Å². The van der Waals surface area contributed by atoms with Gasteiger partial charge in [0.15, 0.2) is 0 Å². The van der Waals surface area contributed by atoms with E-state index >= 15 is 0 Å². The molecule has 2 amide bonds. The molecule has 0 aliphatic heterocycles. The molecule has 0 heterocycles. The lowest BCUT2D eigenvalue weighted by Crippen LogP contribution is -2.49. The molecule has 0 rings (SSSR count). The van der Waals surface area contributed by atoms with Crippen LogP contribution in [-0.2, 0) is 14.4 Å². The fourth-order valence-corrected chi connectivity index (χ4v) is 1.74. The van der Waals surface area contributed by atoms with Gasteiger partial charge in [0.25, 0.3) is 0 Å². The summed E-state index contributed by atoms with van der Waals surface area (Å²) in [7, 11) is 0. The Hall–Kier alpha value is -1.63. The lowest BCUT2D eigenvalue weighted by molar-refractivity contribution is -0.141. The van der Waals surface area contributed by atoms with Crippen LogP contribution in [0.4, 0.5) is 0 Å². The predicted molar refractivity (Wildman–Crippen MR) is 79.6 cm³/mol. The highest BCUT2D eigenvalue weighted by molar-refractivity contribution is 5.89. The summed E-state index contributed by atoms with van der Waals surface area (Å²) in [6.45, 7) is 3.60. The van der Waals surface area contributed by atoms with Gasteiger partial charge in [-0.3, -0.25) is 14.4 Å². The van der Waals surface area contributed by atoms with Crippen LogP contribution < -0.4 is 16.4 Å². The molecule has 7 heteroatoms. The van der Waals surface area contributed by atoms with Crippen molar-refractivity contribution in [3.63, 3.8) is 0 Å². The Morgan fingerprint density at radius 1 is 0.952 bits per heavy atom. The first-order valence-corrected chi connectivity index (χ1v) is 7.41. The van der Waals surface area contributed by atoms with Crippen molar-refractivity contribution in [3.05, 3.63) is 0 Å². The number of amides is 2. The lowest BCUT2D eigenvalue weighted by atomic mass is 10.1. The van der Waals surface area contributed by atoms with Crippen molar-refractivity contribution in [1.82, 2.24) is 10.6 Å². The lowest BCUT2D eigenvalue weighted by Gasteiger charge is -2.16. The first-order valence-electron chi connectivity index (χ1n) is 7.41. The van der Waals surface area contributed by atoms with E-state index in [0.717, 1.165) is 32.1 Å². The topological polar surface area (TPSA) is 122 Å². The molecule has 21 heavy (non-hydrogen) atoms. The van der Waals surface area contributed by atoms with E-state index in [0.29, 0.717) is 13.0 Å². The maximum atomic E-state index is 11.6. The van der Waals surface area contributed by atoms with E-state index in [-0.39, 0.29) is 5.91 Å². The normalized spacial score (nSPS) is 13.3. The van der Waals surface area contributed by atoms with Crippen LogP contribution in [0.15, 0.2) is 0 Å². The van der Waals surface area contributed by atoms with Crippen molar-refractivity contribution >= 4 is 17.8 Å². The Morgan fingerprint density at radius 3 is 2.10 bits per heavy atom. The van der Waals surface area contributed by atoms with Crippen molar-refractivity contribution in [1.29, 1.82) is 0 Å². The van der Waals surface area contributed by atoms with Crippen molar-refractivity contribution in [2.75, 3.05) is 6.54 Å². The number of unbranched alkanes of at least 4 members (excludes halogenated alkanes) is 4. The van der Waals surface area contributed by atoms with Crippen LogP contribution in [0.25, 0.3) is 0 Å². The summed E-state index contributed by atoms with van der Waals surface area (Å²) in [6.07, 6.45) is 5.24. The quantitative estimate of drug-likeness (QED) is 0.411. The van der Waals surface area contributed by atoms with E-state index in [1.807, 2.05) is 0 Å². The van der Waals surface area contributed by atoms with Crippen LogP contribution in [0.2, 0.25) is 0 Å². The molecule has 0 saturated carbocycles. The first-order chi connectivity index (χ1) is 9.88. The van der Waals surface area contributed by atoms with Gasteiger partial charge in [-0.15, -0.1) is 0 Å². The maximum Gasteiger partial charge on any atom is 0.325 e. The zero-order chi connectivity index (χ0) is 16.3. The van der Waals surface area contributed by atoms with Crippen LogP contribution in [0.3, 0.4) is 0 Å². The number of rotatable bonds is 11. The molecule has 0 radical (unpaired) electrons. The minimum Gasteiger partial charge on any atom is -0.480 e. The Balaban J connectivity index is 3.83. The Bertz CT molecular complexity index is 347. The zero-order valence-electron chi connectivity index (χ0n) is 12.9. The molecule has 122 valence electrons. The summed E-state index contributed by atoms with van der Waals surface area (Å²) in [5, 5.41) is 13.6. The van der Waals surface area contributed by atoms with Crippen molar-refractivity contribution < 1.29 is 19.5 Å². The molecule has 0 aliphatic rings. The number of hydrogen-bond acceptors (Lipinski definition) is 4. The van der Waals surface area contributed by atoms with E-state index in [2.05, 4.69) is 10.6 Å². The Labute approximate surface area is 125 Å². The van der Waals surface area contributed by atoms with Gasteiger partial charge in [0.05, 0.1) is 0 Å². The third-order valence-electron chi connectivity index (χ3n) is 3.11. The summed E-state index contributed by atoms with van der Waals surface area (Å²) < 4.78 is 0. The predicted octanol–water partition coefficient (Wildman–Crippen LogP) is 0.380. The van der Waals surface area contributed by atoms with Crippen LogP contribution in [0.1, 0.15) is 52.4 Å². The monoisotopic (exact) mass is 301 g/mol. The largest absolute Gasteiger partial charge is 0.480 e. The fraction of sp³-hybridized carbons (Fsp3) is 0.786. The molecule has 0 aromatic rings. The van der Waals surface area contributed by atoms with Gasteiger partial charge >= 0.3 is 5.97 Å². The summed E-state index contributed by atoms with van der Waals surface area (Å²) >= 11 is 0. The number of carboxylic acids is 1. The van der Waals surface area contributed by atoms with Gasteiger partial charge in [0.2, 0.25) is 11.8 Å². The highest BCUT2D eigenvalue weighted by Crippen LogP contribution is 2.04. The molecule has 0 spiro atoms. The number of nitrogens with one attached hydrogen (secondary N) is 2. The van der Waals surface area contributed by atoms with E-state index in [4.69, 9.17) is 10.8 Å². The minimum atomic E-state index is -1.11. The highest BCUT2D eigenvalue weighted by atomic mass is 16.4. The van der Waals surface area contributed by atoms with Crippen LogP contribution in [0.5, 0.6) is 0 Å². The molecule has 5 N–H and O–H groups in total. The second-order valence-electron chi connectivity index (χ2n) is 5.16. The van der Waals surface area contributed by atoms with Gasteiger partial charge in [-0.2, -0.15) is 0 Å². The third-order valence-corrected chi connectivity index (χ3v) is 3.11. The Morgan fingerprint density at radius 2 is 1.52 bits per heavy atom. The van der Waals surface area contributed by atoms with Crippen LogP contribution >= 0.6 is 0 Å². The van der Waals surface area contributed by atoms with E-state index < -0.39 is 24.0 Å². The fourth-order valence-electron chi connectivity index (χ4n) is 1.74. The number of carboxylic acid groups (broad SMARTS) is 1. The number of hydrogen-bond donors (Lipinski definition) is 4. The van der Waals surface area contributed by atoms with E-state index in [9.17, 15) is 14.4 Å². The highest BCUT2D eigenvalue weighted by Gasteiger charge is 2.20. The molecule has 0 saturated heterocycles.